The van der Waals surface area contributed by atoms with Gasteiger partial charge in [0.05, 0.1) is 6.04 Å². The van der Waals surface area contributed by atoms with E-state index in [-0.39, 0.29) is 11.9 Å². The molecule has 0 aromatic heterocycles. The lowest BCUT2D eigenvalue weighted by molar-refractivity contribution is -0.122. The Morgan fingerprint density at radius 2 is 2.00 bits per heavy atom. The highest BCUT2D eigenvalue weighted by molar-refractivity contribution is 5.79. The Balaban J connectivity index is 4.15. The van der Waals surface area contributed by atoms with Crippen molar-refractivity contribution in [1.29, 1.82) is 0 Å². The van der Waals surface area contributed by atoms with Crippen molar-refractivity contribution in [2.24, 2.45) is 11.7 Å². The third kappa shape index (κ3) is 5.19. The highest BCUT2D eigenvalue weighted by Gasteiger charge is 2.18. The van der Waals surface area contributed by atoms with Gasteiger partial charge in [-0.2, -0.15) is 0 Å². The predicted molar refractivity (Wildman–Crippen MR) is 59.0 cm³/mol. The Morgan fingerprint density at radius 3 is 2.36 bits per heavy atom. The standard InChI is InChI=1S/C10H23N3O/c1-8(2)7-13(6-5-12-4)9(3)10(11)14/h8-9,12H,5-7H2,1-4H3,(H2,11,14). The van der Waals surface area contributed by atoms with Crippen molar-refractivity contribution >= 4 is 5.91 Å². The number of carbonyl (C=O) groups excluding carboxylic acids is 1. The van der Waals surface area contributed by atoms with Crippen LogP contribution in [0.1, 0.15) is 20.8 Å². The van der Waals surface area contributed by atoms with Crippen molar-refractivity contribution in [2.45, 2.75) is 26.8 Å². The molecule has 4 heteroatoms. The molecule has 14 heavy (non-hydrogen) atoms. The Bertz CT molecular complexity index is 171. The maximum absolute atomic E-state index is 11.0. The van der Waals surface area contributed by atoms with Crippen LogP contribution in [0.25, 0.3) is 0 Å². The van der Waals surface area contributed by atoms with E-state index in [2.05, 4.69) is 24.1 Å². The molecule has 0 radical (unpaired) electrons. The number of nitrogens with two attached hydrogens (primary N) is 1. The smallest absolute Gasteiger partial charge is 0.234 e. The molecule has 3 N–H and O–H groups in total. The van der Waals surface area contributed by atoms with Gasteiger partial charge in [-0.3, -0.25) is 9.69 Å². The topological polar surface area (TPSA) is 58.4 Å². The monoisotopic (exact) mass is 201 g/mol. The molecule has 0 fully saturated rings. The van der Waals surface area contributed by atoms with Gasteiger partial charge >= 0.3 is 0 Å². The molecule has 0 saturated carbocycles. The zero-order valence-corrected chi connectivity index (χ0v) is 9.71. The number of rotatable bonds is 7. The number of carbonyl (C=O) groups is 1. The fraction of sp³-hybridized carbons (Fsp3) is 0.900. The van der Waals surface area contributed by atoms with E-state index in [1.165, 1.54) is 0 Å². The molecular formula is C10H23N3O. The van der Waals surface area contributed by atoms with E-state index in [9.17, 15) is 4.79 Å². The van der Waals surface area contributed by atoms with Crippen molar-refractivity contribution < 1.29 is 4.79 Å². The third-order valence-corrected chi connectivity index (χ3v) is 2.21. The molecule has 0 saturated heterocycles. The van der Waals surface area contributed by atoms with Gasteiger partial charge in [0.15, 0.2) is 0 Å². The zero-order valence-electron chi connectivity index (χ0n) is 9.71. The van der Waals surface area contributed by atoms with Gasteiger partial charge < -0.3 is 11.1 Å². The molecule has 0 aliphatic heterocycles. The first-order valence-electron chi connectivity index (χ1n) is 5.17. The predicted octanol–water partition coefficient (Wildman–Crippen LogP) is 0.0376. The first-order valence-corrected chi connectivity index (χ1v) is 5.17. The summed E-state index contributed by atoms with van der Waals surface area (Å²) in [6, 6.07) is -0.175. The van der Waals surface area contributed by atoms with E-state index in [4.69, 9.17) is 5.73 Å². The Morgan fingerprint density at radius 1 is 1.43 bits per heavy atom. The van der Waals surface area contributed by atoms with Crippen LogP contribution in [0.5, 0.6) is 0 Å². The van der Waals surface area contributed by atoms with E-state index < -0.39 is 0 Å². The maximum Gasteiger partial charge on any atom is 0.234 e. The fourth-order valence-electron chi connectivity index (χ4n) is 1.35. The number of hydrogen-bond acceptors (Lipinski definition) is 3. The molecule has 4 nitrogen and oxygen atoms in total. The van der Waals surface area contributed by atoms with Crippen molar-refractivity contribution in [3.05, 3.63) is 0 Å². The average molecular weight is 201 g/mol. The van der Waals surface area contributed by atoms with Gasteiger partial charge in [-0.1, -0.05) is 13.8 Å². The van der Waals surface area contributed by atoms with E-state index in [0.29, 0.717) is 5.92 Å². The summed E-state index contributed by atoms with van der Waals surface area (Å²) < 4.78 is 0. The minimum absolute atomic E-state index is 0.175. The Hall–Kier alpha value is -0.610. The van der Waals surface area contributed by atoms with Gasteiger partial charge in [0.25, 0.3) is 0 Å². The maximum atomic E-state index is 11.0. The third-order valence-electron chi connectivity index (χ3n) is 2.21. The lowest BCUT2D eigenvalue weighted by Gasteiger charge is -2.28. The fourth-order valence-corrected chi connectivity index (χ4v) is 1.35. The first-order chi connectivity index (χ1) is 6.49. The quantitative estimate of drug-likeness (QED) is 0.611. The highest BCUT2D eigenvalue weighted by atomic mass is 16.1. The van der Waals surface area contributed by atoms with Gasteiger partial charge in [-0.15, -0.1) is 0 Å². The lowest BCUT2D eigenvalue weighted by Crippen LogP contribution is -2.46. The molecule has 1 amide bonds. The van der Waals surface area contributed by atoms with E-state index in [0.717, 1.165) is 19.6 Å². The molecule has 0 aromatic rings. The minimum Gasteiger partial charge on any atom is -0.368 e. The molecule has 0 aliphatic carbocycles. The number of amides is 1. The summed E-state index contributed by atoms with van der Waals surface area (Å²) in [5, 5.41) is 3.07. The molecule has 0 heterocycles. The molecule has 0 aromatic carbocycles. The van der Waals surface area contributed by atoms with E-state index in [1.54, 1.807) is 0 Å². The number of nitrogens with zero attached hydrogens (tertiary/aromatic N) is 1. The molecule has 1 atom stereocenters. The summed E-state index contributed by atoms with van der Waals surface area (Å²) in [7, 11) is 1.91. The summed E-state index contributed by atoms with van der Waals surface area (Å²) in [6.45, 7) is 8.79. The van der Waals surface area contributed by atoms with E-state index >= 15 is 0 Å². The highest BCUT2D eigenvalue weighted by Crippen LogP contribution is 2.03. The molecule has 0 bridgehead atoms. The number of primary amides is 1. The molecule has 0 aliphatic rings. The Labute approximate surface area is 86.8 Å². The second-order valence-corrected chi connectivity index (χ2v) is 4.07. The van der Waals surface area contributed by atoms with Gasteiger partial charge in [-0.05, 0) is 19.9 Å². The van der Waals surface area contributed by atoms with Crippen LogP contribution in [-0.4, -0.2) is 43.5 Å². The number of hydrogen-bond donors (Lipinski definition) is 2. The SMILES string of the molecule is CNCCN(CC(C)C)C(C)C(N)=O. The summed E-state index contributed by atoms with van der Waals surface area (Å²) in [6.07, 6.45) is 0. The van der Waals surface area contributed by atoms with Crippen LogP contribution in [0.4, 0.5) is 0 Å². The Kier molecular flexibility index (Phi) is 6.49. The van der Waals surface area contributed by atoms with Crippen LogP contribution in [-0.2, 0) is 4.79 Å². The van der Waals surface area contributed by atoms with Gasteiger partial charge in [-0.25, -0.2) is 0 Å². The summed E-state index contributed by atoms with van der Waals surface area (Å²) in [5.41, 5.74) is 5.28. The van der Waals surface area contributed by atoms with Crippen molar-refractivity contribution in [2.75, 3.05) is 26.7 Å². The van der Waals surface area contributed by atoms with Crippen molar-refractivity contribution in [3.63, 3.8) is 0 Å². The summed E-state index contributed by atoms with van der Waals surface area (Å²) >= 11 is 0. The molecule has 84 valence electrons. The van der Waals surface area contributed by atoms with Crippen LogP contribution in [0.15, 0.2) is 0 Å². The van der Waals surface area contributed by atoms with Crippen LogP contribution in [0, 0.1) is 5.92 Å². The molecule has 1 unspecified atom stereocenters. The van der Waals surface area contributed by atoms with Gasteiger partial charge in [0, 0.05) is 19.6 Å². The average Bonchev–Trinajstić information content (AvgIpc) is 2.10. The van der Waals surface area contributed by atoms with E-state index in [1.807, 2.05) is 14.0 Å². The molecule has 0 rings (SSSR count). The van der Waals surface area contributed by atoms with Crippen molar-refractivity contribution in [3.8, 4) is 0 Å². The van der Waals surface area contributed by atoms with Crippen LogP contribution in [0.2, 0.25) is 0 Å². The number of nitrogens with one attached hydrogen (secondary N) is 1. The summed E-state index contributed by atoms with van der Waals surface area (Å²) in [5.74, 6) is 0.301. The number of likely N-dealkylation sites (N-methyl/N-ethyl adjacent to an activating group) is 1. The largest absolute Gasteiger partial charge is 0.368 e. The van der Waals surface area contributed by atoms with Crippen molar-refractivity contribution in [1.82, 2.24) is 10.2 Å². The van der Waals surface area contributed by atoms with Gasteiger partial charge in [0.1, 0.15) is 0 Å². The lowest BCUT2D eigenvalue weighted by atomic mass is 10.1. The molecule has 0 spiro atoms. The minimum atomic E-state index is -0.248. The second-order valence-electron chi connectivity index (χ2n) is 4.07. The van der Waals surface area contributed by atoms with Gasteiger partial charge in [0.2, 0.25) is 5.91 Å². The first kappa shape index (κ1) is 13.4. The second kappa shape index (κ2) is 6.79. The van der Waals surface area contributed by atoms with Crippen LogP contribution in [0.3, 0.4) is 0 Å². The zero-order chi connectivity index (χ0) is 11.1. The molecular weight excluding hydrogens is 178 g/mol. The van der Waals surface area contributed by atoms with Crippen LogP contribution >= 0.6 is 0 Å². The van der Waals surface area contributed by atoms with Crippen LogP contribution < -0.4 is 11.1 Å². The normalized spacial score (nSPS) is 13.6. The summed E-state index contributed by atoms with van der Waals surface area (Å²) in [4.78, 5) is 13.2.